The van der Waals surface area contributed by atoms with Crippen molar-refractivity contribution in [1.29, 1.82) is 0 Å². The van der Waals surface area contributed by atoms with Gasteiger partial charge in [0.2, 0.25) is 0 Å². The first-order valence-electron chi connectivity index (χ1n) is 4.76. The van der Waals surface area contributed by atoms with Crippen LogP contribution in [-0.2, 0) is 13.6 Å². The van der Waals surface area contributed by atoms with Crippen LogP contribution in [0.3, 0.4) is 0 Å². The maximum Gasteiger partial charge on any atom is 0.320 e. The first-order chi connectivity index (χ1) is 6.74. The molecule has 14 heavy (non-hydrogen) atoms. The normalized spacial score (nSPS) is 13.5. The third-order valence-electron chi connectivity index (χ3n) is 1.84. The van der Waals surface area contributed by atoms with Crippen molar-refractivity contribution in [2.45, 2.75) is 18.6 Å². The highest BCUT2D eigenvalue weighted by Gasteiger charge is 2.08. The van der Waals surface area contributed by atoms with Crippen LogP contribution in [0.15, 0.2) is 0 Å². The average Bonchev–Trinajstić information content (AvgIpc) is 2.23. The van der Waals surface area contributed by atoms with Crippen LogP contribution in [0.1, 0.15) is 6.42 Å². The minimum atomic E-state index is -1.43. The van der Waals surface area contributed by atoms with Gasteiger partial charge < -0.3 is 24.4 Å². The van der Waals surface area contributed by atoms with Crippen molar-refractivity contribution in [1.82, 2.24) is 0 Å². The van der Waals surface area contributed by atoms with Gasteiger partial charge in [-0.25, -0.2) is 0 Å². The molecule has 0 aliphatic heterocycles. The molecular formula is C8H21NO4Si. The number of nitrogens with two attached hydrogens (primary N) is 1. The molecule has 3 N–H and O–H groups in total. The minimum Gasteiger partial charge on any atom is -0.400 e. The van der Waals surface area contributed by atoms with Crippen molar-refractivity contribution < 1.29 is 18.7 Å². The fourth-order valence-corrected chi connectivity index (χ4v) is 2.14. The summed E-state index contributed by atoms with van der Waals surface area (Å²) in [7, 11) is 1.90. The molecule has 6 heteroatoms. The smallest absolute Gasteiger partial charge is 0.320 e. The molecule has 1 unspecified atom stereocenters. The van der Waals surface area contributed by atoms with Crippen LogP contribution in [0, 0.1) is 0 Å². The van der Waals surface area contributed by atoms with Gasteiger partial charge in [-0.15, -0.1) is 0 Å². The molecule has 0 bridgehead atoms. The second-order valence-electron chi connectivity index (χ2n) is 3.01. The molecule has 0 aromatic rings. The lowest BCUT2D eigenvalue weighted by Gasteiger charge is -2.11. The van der Waals surface area contributed by atoms with Gasteiger partial charge in [0.1, 0.15) is 0 Å². The molecule has 0 aromatic carbocycles. The number of rotatable bonds is 9. The average molecular weight is 223 g/mol. The summed E-state index contributed by atoms with van der Waals surface area (Å²) in [6, 6.07) is 0.922. The molecule has 0 saturated heterocycles. The largest absolute Gasteiger partial charge is 0.400 e. The Kier molecular flexibility index (Phi) is 9.58. The van der Waals surface area contributed by atoms with Gasteiger partial charge in [-0.1, -0.05) is 0 Å². The minimum absolute atomic E-state index is 0.244. The van der Waals surface area contributed by atoms with E-state index in [0.717, 1.165) is 12.5 Å². The summed E-state index contributed by atoms with van der Waals surface area (Å²) in [5.74, 6) is 0. The van der Waals surface area contributed by atoms with Gasteiger partial charge in [-0.3, -0.25) is 0 Å². The van der Waals surface area contributed by atoms with Crippen LogP contribution in [0.2, 0.25) is 6.04 Å². The second-order valence-corrected chi connectivity index (χ2v) is 5.39. The van der Waals surface area contributed by atoms with Gasteiger partial charge in [0.05, 0.1) is 12.7 Å². The Morgan fingerprint density at radius 1 is 1.36 bits per heavy atom. The van der Waals surface area contributed by atoms with Gasteiger partial charge in [0.15, 0.2) is 0 Å². The Balaban J connectivity index is 3.20. The molecule has 0 fully saturated rings. The maximum absolute atomic E-state index is 9.07. The molecule has 0 aliphatic carbocycles. The highest BCUT2D eigenvalue weighted by molar-refractivity contribution is 6.44. The molecule has 0 amide bonds. The van der Waals surface area contributed by atoms with Crippen LogP contribution in [0.5, 0.6) is 0 Å². The van der Waals surface area contributed by atoms with Crippen LogP contribution in [0.25, 0.3) is 0 Å². The fraction of sp³-hybridized carbons (Fsp3) is 1.00. The maximum atomic E-state index is 9.07. The van der Waals surface area contributed by atoms with Crippen molar-refractivity contribution in [3.05, 3.63) is 0 Å². The molecule has 1 atom stereocenters. The van der Waals surface area contributed by atoms with Gasteiger partial charge in [-0.05, 0) is 12.5 Å². The SMILES string of the molecule is CO[SiH](CCCOCC(O)CN)OC. The van der Waals surface area contributed by atoms with E-state index in [1.54, 1.807) is 14.2 Å². The van der Waals surface area contributed by atoms with Gasteiger partial charge in [0, 0.05) is 27.4 Å². The van der Waals surface area contributed by atoms with Crippen LogP contribution >= 0.6 is 0 Å². The number of hydrogen-bond donors (Lipinski definition) is 2. The summed E-state index contributed by atoms with van der Waals surface area (Å²) in [5.41, 5.74) is 5.21. The van der Waals surface area contributed by atoms with E-state index in [2.05, 4.69) is 0 Å². The second kappa shape index (κ2) is 9.57. The molecule has 0 aliphatic rings. The first-order valence-corrected chi connectivity index (χ1v) is 6.52. The summed E-state index contributed by atoms with van der Waals surface area (Å²) in [6.07, 6.45) is 0.350. The lowest BCUT2D eigenvalue weighted by molar-refractivity contribution is 0.0411. The number of hydrogen-bond acceptors (Lipinski definition) is 5. The molecule has 0 radical (unpaired) electrons. The molecule has 0 heterocycles. The highest BCUT2D eigenvalue weighted by atomic mass is 28.3. The Bertz CT molecular complexity index is 124. The number of aliphatic hydroxyl groups excluding tert-OH is 1. The predicted molar refractivity (Wildman–Crippen MR) is 56.5 cm³/mol. The summed E-state index contributed by atoms with van der Waals surface area (Å²) < 4.78 is 15.5. The Morgan fingerprint density at radius 2 is 2.00 bits per heavy atom. The van der Waals surface area contributed by atoms with Crippen LogP contribution < -0.4 is 5.73 Å². The summed E-state index contributed by atoms with van der Waals surface area (Å²) >= 11 is 0. The van der Waals surface area contributed by atoms with Crippen molar-refractivity contribution in [3.8, 4) is 0 Å². The van der Waals surface area contributed by atoms with Gasteiger partial charge in [-0.2, -0.15) is 0 Å². The van der Waals surface area contributed by atoms with E-state index in [4.69, 9.17) is 24.4 Å². The summed E-state index contributed by atoms with van der Waals surface area (Å²) in [5, 5.41) is 9.07. The summed E-state index contributed by atoms with van der Waals surface area (Å²) in [6.45, 7) is 1.17. The molecule has 0 aromatic heterocycles. The Morgan fingerprint density at radius 3 is 2.50 bits per heavy atom. The van der Waals surface area contributed by atoms with Crippen molar-refractivity contribution >= 4 is 9.28 Å². The lowest BCUT2D eigenvalue weighted by Crippen LogP contribution is -2.25. The third kappa shape index (κ3) is 7.42. The molecular weight excluding hydrogens is 202 g/mol. The van der Waals surface area contributed by atoms with Gasteiger partial charge in [0.25, 0.3) is 0 Å². The molecule has 0 spiro atoms. The highest BCUT2D eigenvalue weighted by Crippen LogP contribution is 1.99. The zero-order valence-electron chi connectivity index (χ0n) is 8.94. The predicted octanol–water partition coefficient (Wildman–Crippen LogP) is -0.774. The van der Waals surface area contributed by atoms with E-state index in [-0.39, 0.29) is 6.54 Å². The van der Waals surface area contributed by atoms with Gasteiger partial charge >= 0.3 is 9.28 Å². The van der Waals surface area contributed by atoms with Crippen molar-refractivity contribution in [2.24, 2.45) is 5.73 Å². The number of ether oxygens (including phenoxy) is 1. The molecule has 0 rings (SSSR count). The van der Waals surface area contributed by atoms with Crippen molar-refractivity contribution in [2.75, 3.05) is 34.0 Å². The first kappa shape index (κ1) is 14.0. The van der Waals surface area contributed by atoms with E-state index < -0.39 is 15.4 Å². The molecule has 0 saturated carbocycles. The Hall–Kier alpha value is 0.0169. The standard InChI is InChI=1S/C8H21NO4Si/c1-11-14(12-2)5-3-4-13-7-8(10)6-9/h8,10,14H,3-7,9H2,1-2H3. The summed E-state index contributed by atoms with van der Waals surface area (Å²) in [4.78, 5) is 0. The van der Waals surface area contributed by atoms with E-state index in [1.165, 1.54) is 0 Å². The topological polar surface area (TPSA) is 73.9 Å². The van der Waals surface area contributed by atoms with E-state index in [0.29, 0.717) is 13.2 Å². The van der Waals surface area contributed by atoms with Crippen LogP contribution in [-0.4, -0.2) is 54.5 Å². The van der Waals surface area contributed by atoms with E-state index >= 15 is 0 Å². The lowest BCUT2D eigenvalue weighted by atomic mass is 10.4. The quantitative estimate of drug-likeness (QED) is 0.396. The third-order valence-corrected chi connectivity index (χ3v) is 3.77. The Labute approximate surface area is 87.0 Å². The van der Waals surface area contributed by atoms with E-state index in [9.17, 15) is 0 Å². The van der Waals surface area contributed by atoms with Crippen molar-refractivity contribution in [3.63, 3.8) is 0 Å². The molecule has 5 nitrogen and oxygen atoms in total. The monoisotopic (exact) mass is 223 g/mol. The fourth-order valence-electron chi connectivity index (χ4n) is 0.971. The molecule has 86 valence electrons. The zero-order chi connectivity index (χ0) is 10.8. The zero-order valence-corrected chi connectivity index (χ0v) is 10.1. The van der Waals surface area contributed by atoms with E-state index in [1.807, 2.05) is 0 Å². The van der Waals surface area contributed by atoms with Crippen LogP contribution in [0.4, 0.5) is 0 Å². The number of aliphatic hydroxyl groups is 1.